The summed E-state index contributed by atoms with van der Waals surface area (Å²) in [6.45, 7) is 0.362. The van der Waals surface area contributed by atoms with Gasteiger partial charge in [-0.25, -0.2) is 0 Å². The summed E-state index contributed by atoms with van der Waals surface area (Å²) in [6.07, 6.45) is -10.2. The minimum atomic E-state index is -4.98. The summed E-state index contributed by atoms with van der Waals surface area (Å²) in [4.78, 5) is 14.2. The molecule has 0 radical (unpaired) electrons. The second kappa shape index (κ2) is 10.9. The fourth-order valence-electron chi connectivity index (χ4n) is 6.21. The summed E-state index contributed by atoms with van der Waals surface area (Å²) >= 11 is 0. The van der Waals surface area contributed by atoms with E-state index in [0.29, 0.717) is 25.1 Å². The number of carboxylic acid groups (broad SMARTS) is 1. The van der Waals surface area contributed by atoms with Crippen molar-refractivity contribution in [1.29, 1.82) is 0 Å². The van der Waals surface area contributed by atoms with Crippen molar-refractivity contribution >= 4 is 5.97 Å². The molecule has 1 N–H and O–H groups in total. The average Bonchev–Trinajstić information content (AvgIpc) is 2.93. The molecule has 3 aromatic carbocycles. The van der Waals surface area contributed by atoms with E-state index < -0.39 is 54.0 Å². The maximum atomic E-state index is 13.5. The van der Waals surface area contributed by atoms with Crippen molar-refractivity contribution in [3.05, 3.63) is 107 Å². The van der Waals surface area contributed by atoms with Crippen molar-refractivity contribution in [3.63, 3.8) is 0 Å². The van der Waals surface area contributed by atoms with E-state index in [1.807, 2.05) is 65.6 Å². The summed E-state index contributed by atoms with van der Waals surface area (Å²) in [5, 5.41) is 9.94. The number of piperidine rings is 3. The van der Waals surface area contributed by atoms with E-state index in [4.69, 9.17) is 4.74 Å². The number of halogens is 6. The number of ether oxygens (including phenoxy) is 1. The van der Waals surface area contributed by atoms with E-state index in [2.05, 4.69) is 0 Å². The Hall–Kier alpha value is -3.37. The third-order valence-corrected chi connectivity index (χ3v) is 7.94. The van der Waals surface area contributed by atoms with Crippen molar-refractivity contribution in [2.75, 3.05) is 13.1 Å². The van der Waals surface area contributed by atoms with Gasteiger partial charge in [-0.05, 0) is 47.9 Å². The normalized spacial score (nSPS) is 24.8. The SMILES string of the molecule is O=C(O)[C@H]1CN2CC[C@H]1[C@@H](OCc1cc(C(F)(F)F)cc(C(F)(F)F)c1)[C@H]2C(c1ccccc1)c1ccccc1. The zero-order valence-electron chi connectivity index (χ0n) is 21.2. The van der Waals surface area contributed by atoms with Gasteiger partial charge in [-0.15, -0.1) is 0 Å². The smallest absolute Gasteiger partial charge is 0.416 e. The van der Waals surface area contributed by atoms with Gasteiger partial charge in [0.2, 0.25) is 0 Å². The molecule has 3 heterocycles. The summed E-state index contributed by atoms with van der Waals surface area (Å²) < 4.78 is 87.0. The first-order valence-corrected chi connectivity index (χ1v) is 12.9. The Balaban J connectivity index is 1.55. The maximum Gasteiger partial charge on any atom is 0.416 e. The largest absolute Gasteiger partial charge is 0.481 e. The summed E-state index contributed by atoms with van der Waals surface area (Å²) in [7, 11) is 0. The van der Waals surface area contributed by atoms with E-state index in [1.54, 1.807) is 0 Å². The van der Waals surface area contributed by atoms with Crippen LogP contribution in [-0.4, -0.2) is 41.2 Å². The number of hydrogen-bond donors (Lipinski definition) is 1. The highest BCUT2D eigenvalue weighted by molar-refractivity contribution is 5.71. The van der Waals surface area contributed by atoms with E-state index in [9.17, 15) is 36.2 Å². The molecule has 1 unspecified atom stereocenters. The first-order valence-electron chi connectivity index (χ1n) is 12.9. The Morgan fingerprint density at radius 3 is 1.88 bits per heavy atom. The average molecular weight is 564 g/mol. The number of alkyl halides is 6. The Kier molecular flexibility index (Phi) is 7.67. The van der Waals surface area contributed by atoms with Gasteiger partial charge in [0.05, 0.1) is 29.8 Å². The molecule has 0 aliphatic carbocycles. The number of hydrogen-bond acceptors (Lipinski definition) is 3. The zero-order valence-corrected chi connectivity index (χ0v) is 21.2. The third kappa shape index (κ3) is 5.74. The number of nitrogens with zero attached hydrogens (tertiary/aromatic N) is 1. The van der Waals surface area contributed by atoms with Crippen LogP contribution < -0.4 is 0 Å². The summed E-state index contributed by atoms with van der Waals surface area (Å²) in [5.74, 6) is -2.50. The van der Waals surface area contributed by atoms with Gasteiger partial charge in [0, 0.05) is 24.4 Å². The lowest BCUT2D eigenvalue weighted by Crippen LogP contribution is -2.65. The zero-order chi connectivity index (χ0) is 28.7. The fourth-order valence-corrected chi connectivity index (χ4v) is 6.21. The summed E-state index contributed by atoms with van der Waals surface area (Å²) in [6, 6.07) is 20.1. The van der Waals surface area contributed by atoms with E-state index in [0.717, 1.165) is 11.1 Å². The van der Waals surface area contributed by atoms with Crippen LogP contribution in [0.5, 0.6) is 0 Å². The Morgan fingerprint density at radius 1 is 0.875 bits per heavy atom. The second-order valence-electron chi connectivity index (χ2n) is 10.4. The van der Waals surface area contributed by atoms with Crippen molar-refractivity contribution < 1.29 is 41.0 Å². The van der Waals surface area contributed by atoms with Crippen LogP contribution in [0.2, 0.25) is 0 Å². The molecule has 212 valence electrons. The van der Waals surface area contributed by atoms with Gasteiger partial charge < -0.3 is 9.84 Å². The van der Waals surface area contributed by atoms with Gasteiger partial charge in [0.1, 0.15) is 0 Å². The van der Waals surface area contributed by atoms with Crippen LogP contribution in [0.4, 0.5) is 26.3 Å². The number of carbonyl (C=O) groups is 1. The van der Waals surface area contributed by atoms with E-state index in [-0.39, 0.29) is 30.1 Å². The van der Waals surface area contributed by atoms with Crippen molar-refractivity contribution in [3.8, 4) is 0 Å². The van der Waals surface area contributed by atoms with Gasteiger partial charge in [-0.3, -0.25) is 9.69 Å². The van der Waals surface area contributed by atoms with Crippen LogP contribution >= 0.6 is 0 Å². The van der Waals surface area contributed by atoms with Gasteiger partial charge in [-0.2, -0.15) is 26.3 Å². The lowest BCUT2D eigenvalue weighted by atomic mass is 9.68. The molecule has 5 atom stereocenters. The van der Waals surface area contributed by atoms with Crippen molar-refractivity contribution in [2.45, 2.75) is 43.4 Å². The van der Waals surface area contributed by atoms with Crippen LogP contribution in [0, 0.1) is 11.8 Å². The molecule has 3 aliphatic heterocycles. The molecule has 2 bridgehead atoms. The first kappa shape index (κ1) is 28.2. The molecule has 0 aromatic heterocycles. The predicted molar refractivity (Wildman–Crippen MR) is 134 cm³/mol. The third-order valence-electron chi connectivity index (χ3n) is 7.94. The molecule has 3 aromatic rings. The standard InChI is InChI=1S/C30H27F6NO3/c31-29(32,33)21-13-18(14-22(15-21)30(34,35)36)17-40-27-23-11-12-37(16-24(23)28(38)39)26(27)25(19-7-3-1-4-8-19)20-9-5-2-6-10-20/h1-10,13-15,23-27H,11-12,16-17H2,(H,38,39)/t23-,24+,26-,27-/m1/s1. The van der Waals surface area contributed by atoms with Gasteiger partial charge in [0.15, 0.2) is 0 Å². The maximum absolute atomic E-state index is 13.5. The summed E-state index contributed by atoms with van der Waals surface area (Å²) in [5.41, 5.74) is -1.21. The molecule has 3 saturated heterocycles. The number of rotatable bonds is 7. The Bertz CT molecular complexity index is 1260. The molecule has 0 amide bonds. The Labute approximate surface area is 227 Å². The van der Waals surface area contributed by atoms with Crippen LogP contribution in [0.15, 0.2) is 78.9 Å². The van der Waals surface area contributed by atoms with Crippen LogP contribution in [-0.2, 0) is 28.5 Å². The van der Waals surface area contributed by atoms with Gasteiger partial charge in [0.25, 0.3) is 0 Å². The second-order valence-corrected chi connectivity index (χ2v) is 10.4. The van der Waals surface area contributed by atoms with Gasteiger partial charge >= 0.3 is 18.3 Å². The fraction of sp³-hybridized carbons (Fsp3) is 0.367. The highest BCUT2D eigenvalue weighted by Crippen LogP contribution is 2.46. The van der Waals surface area contributed by atoms with E-state index >= 15 is 0 Å². The molecule has 10 heteroatoms. The highest BCUT2D eigenvalue weighted by Gasteiger charge is 2.53. The van der Waals surface area contributed by atoms with Crippen LogP contribution in [0.25, 0.3) is 0 Å². The predicted octanol–water partition coefficient (Wildman–Crippen LogP) is 6.85. The molecule has 40 heavy (non-hydrogen) atoms. The molecule has 0 spiro atoms. The lowest BCUT2D eigenvalue weighted by Gasteiger charge is -2.55. The number of fused-ring (bicyclic) bond motifs is 3. The number of aliphatic carboxylic acids is 1. The number of carboxylic acids is 1. The highest BCUT2D eigenvalue weighted by atomic mass is 19.4. The van der Waals surface area contributed by atoms with Crippen LogP contribution in [0.3, 0.4) is 0 Å². The minimum Gasteiger partial charge on any atom is -0.481 e. The molecule has 6 rings (SSSR count). The molecule has 4 nitrogen and oxygen atoms in total. The quantitative estimate of drug-likeness (QED) is 0.320. The molecule has 0 saturated carbocycles. The van der Waals surface area contributed by atoms with Gasteiger partial charge in [-0.1, -0.05) is 60.7 Å². The minimum absolute atomic E-state index is 0.0852. The lowest BCUT2D eigenvalue weighted by molar-refractivity contribution is -0.172. The van der Waals surface area contributed by atoms with Crippen molar-refractivity contribution in [2.24, 2.45) is 11.8 Å². The molecule has 3 aliphatic rings. The molecular weight excluding hydrogens is 536 g/mol. The number of benzene rings is 3. The first-order chi connectivity index (χ1) is 18.9. The molecular formula is C30H27F6NO3. The molecule has 3 fully saturated rings. The Morgan fingerprint density at radius 2 is 1.40 bits per heavy atom. The monoisotopic (exact) mass is 563 g/mol. The van der Waals surface area contributed by atoms with Crippen molar-refractivity contribution in [1.82, 2.24) is 4.90 Å². The van der Waals surface area contributed by atoms with E-state index in [1.165, 1.54) is 0 Å². The van der Waals surface area contributed by atoms with Crippen LogP contribution in [0.1, 0.15) is 40.2 Å². The topological polar surface area (TPSA) is 49.8 Å².